The SMILES string of the molecule is CCc1cnc(CCN=C(N)N2CCSCC2)s1. The zero-order chi connectivity index (χ0) is 12.8. The van der Waals surface area contributed by atoms with Crippen LogP contribution in [-0.2, 0) is 12.8 Å². The summed E-state index contributed by atoms with van der Waals surface area (Å²) in [5, 5.41) is 1.16. The minimum atomic E-state index is 0.697. The topological polar surface area (TPSA) is 54.5 Å². The van der Waals surface area contributed by atoms with Gasteiger partial charge in [0.15, 0.2) is 5.96 Å². The molecule has 2 N–H and O–H groups in total. The van der Waals surface area contributed by atoms with E-state index in [1.807, 2.05) is 18.0 Å². The van der Waals surface area contributed by atoms with Gasteiger partial charge in [-0.25, -0.2) is 4.98 Å². The molecule has 18 heavy (non-hydrogen) atoms. The molecule has 1 aliphatic rings. The van der Waals surface area contributed by atoms with Crippen LogP contribution in [0.5, 0.6) is 0 Å². The Kier molecular flexibility index (Phi) is 5.31. The Balaban J connectivity index is 1.79. The summed E-state index contributed by atoms with van der Waals surface area (Å²) in [4.78, 5) is 12.4. The van der Waals surface area contributed by atoms with Crippen molar-refractivity contribution in [2.24, 2.45) is 10.7 Å². The lowest BCUT2D eigenvalue weighted by Gasteiger charge is -2.27. The molecule has 1 fully saturated rings. The summed E-state index contributed by atoms with van der Waals surface area (Å²) in [5.74, 6) is 3.01. The summed E-state index contributed by atoms with van der Waals surface area (Å²) in [6.07, 6.45) is 3.93. The average molecular weight is 284 g/mol. The number of aromatic nitrogens is 1. The van der Waals surface area contributed by atoms with Crippen molar-refractivity contribution in [1.82, 2.24) is 9.88 Å². The molecule has 1 saturated heterocycles. The van der Waals surface area contributed by atoms with Gasteiger partial charge in [-0.15, -0.1) is 11.3 Å². The van der Waals surface area contributed by atoms with Crippen LogP contribution in [0.25, 0.3) is 0 Å². The number of thioether (sulfide) groups is 1. The molecule has 6 heteroatoms. The van der Waals surface area contributed by atoms with Crippen molar-refractivity contribution in [3.8, 4) is 0 Å². The highest BCUT2D eigenvalue weighted by molar-refractivity contribution is 7.99. The van der Waals surface area contributed by atoms with E-state index in [1.165, 1.54) is 4.88 Å². The third-order valence-corrected chi connectivity index (χ3v) is 5.03. The van der Waals surface area contributed by atoms with Crippen LogP contribution in [0.1, 0.15) is 16.8 Å². The molecule has 0 saturated carbocycles. The molecule has 0 atom stereocenters. The molecule has 2 heterocycles. The number of aliphatic imine (C=N–C) groups is 1. The van der Waals surface area contributed by atoms with Gasteiger partial charge in [0.2, 0.25) is 0 Å². The molecule has 1 aromatic heterocycles. The maximum Gasteiger partial charge on any atom is 0.191 e. The molecule has 1 aromatic rings. The van der Waals surface area contributed by atoms with Gasteiger partial charge in [-0.05, 0) is 6.42 Å². The lowest BCUT2D eigenvalue weighted by atomic mass is 10.4. The number of guanidine groups is 1. The fourth-order valence-corrected chi connectivity index (χ4v) is 3.54. The molecule has 1 aliphatic heterocycles. The molecule has 0 aliphatic carbocycles. The van der Waals surface area contributed by atoms with Crippen LogP contribution in [0.2, 0.25) is 0 Å². The van der Waals surface area contributed by atoms with Gasteiger partial charge >= 0.3 is 0 Å². The highest BCUT2D eigenvalue weighted by Crippen LogP contribution is 2.14. The number of nitrogens with two attached hydrogens (primary N) is 1. The van der Waals surface area contributed by atoms with E-state index in [9.17, 15) is 0 Å². The molecule has 4 nitrogen and oxygen atoms in total. The normalized spacial score (nSPS) is 17.2. The van der Waals surface area contributed by atoms with E-state index in [-0.39, 0.29) is 0 Å². The second-order valence-electron chi connectivity index (χ2n) is 4.16. The van der Waals surface area contributed by atoms with Crippen LogP contribution in [0.15, 0.2) is 11.2 Å². The van der Waals surface area contributed by atoms with Crippen molar-refractivity contribution in [2.45, 2.75) is 19.8 Å². The second kappa shape index (κ2) is 6.99. The van der Waals surface area contributed by atoms with Crippen LogP contribution in [0.3, 0.4) is 0 Å². The van der Waals surface area contributed by atoms with Crippen LogP contribution >= 0.6 is 23.1 Å². The minimum absolute atomic E-state index is 0.697. The average Bonchev–Trinajstić information content (AvgIpc) is 2.87. The predicted molar refractivity (Wildman–Crippen MR) is 80.6 cm³/mol. The number of nitrogens with zero attached hydrogens (tertiary/aromatic N) is 3. The first kappa shape index (κ1) is 13.7. The van der Waals surface area contributed by atoms with Crippen molar-refractivity contribution in [1.29, 1.82) is 0 Å². The molecule has 0 aromatic carbocycles. The minimum Gasteiger partial charge on any atom is -0.370 e. The van der Waals surface area contributed by atoms with Crippen molar-refractivity contribution >= 4 is 29.1 Å². The Morgan fingerprint density at radius 1 is 1.50 bits per heavy atom. The first-order valence-corrected chi connectivity index (χ1v) is 8.33. The molecule has 0 amide bonds. The maximum atomic E-state index is 5.99. The fraction of sp³-hybridized carbons (Fsp3) is 0.667. The quantitative estimate of drug-likeness (QED) is 0.674. The van der Waals surface area contributed by atoms with Crippen LogP contribution in [-0.4, -0.2) is 47.0 Å². The van der Waals surface area contributed by atoms with Crippen molar-refractivity contribution in [3.63, 3.8) is 0 Å². The van der Waals surface area contributed by atoms with E-state index in [0.717, 1.165) is 49.0 Å². The van der Waals surface area contributed by atoms with Crippen molar-refractivity contribution in [3.05, 3.63) is 16.1 Å². The Morgan fingerprint density at radius 2 is 2.28 bits per heavy atom. The fourth-order valence-electron chi connectivity index (χ4n) is 1.79. The third-order valence-electron chi connectivity index (χ3n) is 2.88. The van der Waals surface area contributed by atoms with E-state index in [0.29, 0.717) is 5.96 Å². The lowest BCUT2D eigenvalue weighted by molar-refractivity contribution is 0.456. The number of hydrogen-bond acceptors (Lipinski definition) is 4. The number of hydrogen-bond donors (Lipinski definition) is 1. The Hall–Kier alpha value is -0.750. The summed E-state index contributed by atoms with van der Waals surface area (Å²) in [6, 6.07) is 0. The van der Waals surface area contributed by atoms with Gasteiger partial charge in [-0.2, -0.15) is 11.8 Å². The first-order valence-electron chi connectivity index (χ1n) is 6.35. The van der Waals surface area contributed by atoms with Crippen LogP contribution in [0.4, 0.5) is 0 Å². The van der Waals surface area contributed by atoms with E-state index < -0.39 is 0 Å². The highest BCUT2D eigenvalue weighted by Gasteiger charge is 2.11. The number of aryl methyl sites for hydroxylation is 1. The van der Waals surface area contributed by atoms with Gasteiger partial charge in [0.1, 0.15) is 0 Å². The zero-order valence-corrected chi connectivity index (χ0v) is 12.4. The molecule has 2 rings (SSSR count). The van der Waals surface area contributed by atoms with Crippen LogP contribution < -0.4 is 5.73 Å². The van der Waals surface area contributed by atoms with Gasteiger partial charge in [0, 0.05) is 48.6 Å². The molecule has 0 bridgehead atoms. The van der Waals surface area contributed by atoms with E-state index in [1.54, 1.807) is 11.3 Å². The van der Waals surface area contributed by atoms with E-state index in [2.05, 4.69) is 21.8 Å². The van der Waals surface area contributed by atoms with E-state index in [4.69, 9.17) is 5.73 Å². The van der Waals surface area contributed by atoms with Gasteiger partial charge < -0.3 is 10.6 Å². The van der Waals surface area contributed by atoms with Crippen molar-refractivity contribution < 1.29 is 0 Å². The van der Waals surface area contributed by atoms with Crippen molar-refractivity contribution in [2.75, 3.05) is 31.1 Å². The zero-order valence-electron chi connectivity index (χ0n) is 10.8. The van der Waals surface area contributed by atoms with Gasteiger partial charge in [-0.1, -0.05) is 6.92 Å². The molecular weight excluding hydrogens is 264 g/mol. The Morgan fingerprint density at radius 3 is 2.94 bits per heavy atom. The molecule has 100 valence electrons. The summed E-state index contributed by atoms with van der Waals surface area (Å²) < 4.78 is 0. The Bertz CT molecular complexity index is 397. The third kappa shape index (κ3) is 3.88. The molecular formula is C12H20N4S2. The van der Waals surface area contributed by atoms with Gasteiger partial charge in [0.05, 0.1) is 5.01 Å². The predicted octanol–water partition coefficient (Wildman–Crippen LogP) is 1.61. The molecule has 0 radical (unpaired) electrons. The summed E-state index contributed by atoms with van der Waals surface area (Å²) >= 11 is 3.76. The molecule has 0 unspecified atom stereocenters. The summed E-state index contributed by atoms with van der Waals surface area (Å²) in [6.45, 7) is 4.95. The monoisotopic (exact) mass is 284 g/mol. The number of rotatable bonds is 4. The van der Waals surface area contributed by atoms with Crippen LogP contribution in [0, 0.1) is 0 Å². The summed E-state index contributed by atoms with van der Waals surface area (Å²) in [7, 11) is 0. The van der Waals surface area contributed by atoms with Gasteiger partial charge in [0.25, 0.3) is 0 Å². The second-order valence-corrected chi connectivity index (χ2v) is 6.59. The van der Waals surface area contributed by atoms with E-state index >= 15 is 0 Å². The standard InChI is InChI=1S/C12H20N4S2/c1-2-10-9-15-11(18-10)3-4-14-12(13)16-5-7-17-8-6-16/h9H,2-8H2,1H3,(H2,13,14). The largest absolute Gasteiger partial charge is 0.370 e. The summed E-state index contributed by atoms with van der Waals surface area (Å²) in [5.41, 5.74) is 5.99. The smallest absolute Gasteiger partial charge is 0.191 e. The van der Waals surface area contributed by atoms with Gasteiger partial charge in [-0.3, -0.25) is 4.99 Å². The first-order chi connectivity index (χ1) is 8.79. The maximum absolute atomic E-state index is 5.99. The Labute approximate surface area is 117 Å². The number of thiazole rings is 1. The molecule has 0 spiro atoms. The lowest BCUT2D eigenvalue weighted by Crippen LogP contribution is -2.42. The highest BCUT2D eigenvalue weighted by atomic mass is 32.2.